The molecule has 2 heterocycles. The van der Waals surface area contributed by atoms with Gasteiger partial charge in [0.2, 0.25) is 0 Å². The Kier molecular flexibility index (Phi) is 7.56. The smallest absolute Gasteiger partial charge is 0.135 e. The molecule has 0 amide bonds. The Morgan fingerprint density at radius 3 is 2.54 bits per heavy atom. The zero-order chi connectivity index (χ0) is 18.2. The van der Waals surface area contributed by atoms with Crippen molar-refractivity contribution in [2.24, 2.45) is 0 Å². The second-order valence-corrected chi connectivity index (χ2v) is 7.31. The molecule has 0 unspecified atom stereocenters. The Bertz CT molecular complexity index is 665. The Hall–Kier alpha value is -1.33. The summed E-state index contributed by atoms with van der Waals surface area (Å²) in [6, 6.07) is 11.8. The van der Waals surface area contributed by atoms with Crippen LogP contribution in [-0.4, -0.2) is 55.6 Å². The highest BCUT2D eigenvalue weighted by molar-refractivity contribution is 6.33. The maximum Gasteiger partial charge on any atom is 0.135 e. The van der Waals surface area contributed by atoms with Crippen LogP contribution in [0.5, 0.6) is 0 Å². The van der Waals surface area contributed by atoms with E-state index >= 15 is 0 Å². The fourth-order valence-electron chi connectivity index (χ4n) is 3.40. The molecular weight excluding hydrogens is 346 g/mol. The van der Waals surface area contributed by atoms with Crippen LogP contribution in [0.4, 0.5) is 0 Å². The third-order valence-corrected chi connectivity index (χ3v) is 5.42. The topological polar surface area (TPSA) is 31.6 Å². The molecule has 5 heteroatoms. The van der Waals surface area contributed by atoms with Crippen molar-refractivity contribution in [1.29, 1.82) is 0 Å². The number of hydrogen-bond donors (Lipinski definition) is 1. The van der Waals surface area contributed by atoms with Crippen LogP contribution in [0.25, 0.3) is 11.3 Å². The summed E-state index contributed by atoms with van der Waals surface area (Å²) >= 11 is 6.23. The number of furan rings is 1. The summed E-state index contributed by atoms with van der Waals surface area (Å²) in [6.45, 7) is 11.3. The van der Waals surface area contributed by atoms with Crippen LogP contribution in [0.1, 0.15) is 25.5 Å². The maximum absolute atomic E-state index is 6.23. The first-order chi connectivity index (χ1) is 12.8. The van der Waals surface area contributed by atoms with Gasteiger partial charge in [-0.1, -0.05) is 30.7 Å². The number of benzene rings is 1. The largest absolute Gasteiger partial charge is 0.460 e. The summed E-state index contributed by atoms with van der Waals surface area (Å²) in [5.41, 5.74) is 0.948. The van der Waals surface area contributed by atoms with Crippen LogP contribution in [0.3, 0.4) is 0 Å². The second kappa shape index (κ2) is 10.1. The fraction of sp³-hybridized carbons (Fsp3) is 0.524. The van der Waals surface area contributed by atoms with E-state index in [-0.39, 0.29) is 0 Å². The molecule has 4 nitrogen and oxygen atoms in total. The van der Waals surface area contributed by atoms with Crippen molar-refractivity contribution < 1.29 is 4.42 Å². The van der Waals surface area contributed by atoms with Crippen LogP contribution in [0.15, 0.2) is 40.8 Å². The van der Waals surface area contributed by atoms with E-state index in [4.69, 9.17) is 16.0 Å². The molecule has 3 rings (SSSR count). The lowest BCUT2D eigenvalue weighted by atomic mass is 10.2. The highest BCUT2D eigenvalue weighted by Crippen LogP contribution is 2.28. The van der Waals surface area contributed by atoms with Crippen molar-refractivity contribution in [3.8, 4) is 11.3 Å². The number of nitrogens with zero attached hydrogens (tertiary/aromatic N) is 2. The summed E-state index contributed by atoms with van der Waals surface area (Å²) in [5.74, 6) is 1.79. The van der Waals surface area contributed by atoms with Crippen molar-refractivity contribution in [3.05, 3.63) is 47.2 Å². The van der Waals surface area contributed by atoms with Gasteiger partial charge in [-0.15, -0.1) is 0 Å². The number of nitrogens with one attached hydrogen (secondary N) is 1. The lowest BCUT2D eigenvalue weighted by Crippen LogP contribution is -2.46. The second-order valence-electron chi connectivity index (χ2n) is 6.91. The minimum Gasteiger partial charge on any atom is -0.460 e. The number of halogens is 1. The van der Waals surface area contributed by atoms with E-state index < -0.39 is 0 Å². The van der Waals surface area contributed by atoms with Gasteiger partial charge in [0.1, 0.15) is 11.5 Å². The van der Waals surface area contributed by atoms with Gasteiger partial charge in [0.05, 0.1) is 11.6 Å². The molecule has 0 atom stereocenters. The first kappa shape index (κ1) is 19.4. The molecule has 142 valence electrons. The summed E-state index contributed by atoms with van der Waals surface area (Å²) in [5, 5.41) is 4.20. The van der Waals surface area contributed by atoms with E-state index in [0.29, 0.717) is 0 Å². The minimum atomic E-state index is 0.723. The van der Waals surface area contributed by atoms with Crippen LogP contribution in [0, 0.1) is 0 Å². The van der Waals surface area contributed by atoms with Gasteiger partial charge >= 0.3 is 0 Å². The lowest BCUT2D eigenvalue weighted by molar-refractivity contribution is 0.135. The highest BCUT2D eigenvalue weighted by Gasteiger charge is 2.14. The van der Waals surface area contributed by atoms with Crippen LogP contribution < -0.4 is 5.32 Å². The molecule has 2 aromatic rings. The van der Waals surface area contributed by atoms with Gasteiger partial charge in [0.15, 0.2) is 0 Å². The molecule has 1 saturated heterocycles. The Morgan fingerprint density at radius 1 is 1.00 bits per heavy atom. The van der Waals surface area contributed by atoms with Crippen LogP contribution in [0.2, 0.25) is 5.02 Å². The fourth-order valence-corrected chi connectivity index (χ4v) is 3.63. The van der Waals surface area contributed by atoms with Gasteiger partial charge in [0, 0.05) is 31.7 Å². The predicted octanol–water partition coefficient (Wildman–Crippen LogP) is 4.11. The molecule has 0 radical (unpaired) electrons. The van der Waals surface area contributed by atoms with Gasteiger partial charge in [-0.25, -0.2) is 0 Å². The van der Waals surface area contributed by atoms with Crippen LogP contribution in [-0.2, 0) is 6.54 Å². The third kappa shape index (κ3) is 5.58. The van der Waals surface area contributed by atoms with E-state index in [2.05, 4.69) is 22.0 Å². The van der Waals surface area contributed by atoms with Crippen molar-refractivity contribution in [1.82, 2.24) is 15.1 Å². The maximum atomic E-state index is 6.23. The van der Waals surface area contributed by atoms with Crippen LogP contribution >= 0.6 is 11.6 Å². The van der Waals surface area contributed by atoms with E-state index in [0.717, 1.165) is 35.2 Å². The van der Waals surface area contributed by atoms with E-state index in [1.165, 1.54) is 52.1 Å². The molecule has 1 aliphatic heterocycles. The normalized spacial score (nSPS) is 16.2. The van der Waals surface area contributed by atoms with Gasteiger partial charge in [-0.05, 0) is 56.7 Å². The SMILES string of the molecule is CCN1CCN(CCCCNCc2ccc(-c3ccccc3Cl)o2)CC1. The number of rotatable bonds is 9. The molecule has 1 aromatic carbocycles. The number of piperazine rings is 1. The summed E-state index contributed by atoms with van der Waals surface area (Å²) < 4.78 is 5.91. The monoisotopic (exact) mass is 375 g/mol. The average Bonchev–Trinajstić information content (AvgIpc) is 3.14. The molecule has 0 spiro atoms. The molecule has 0 saturated carbocycles. The molecule has 1 fully saturated rings. The zero-order valence-corrected chi connectivity index (χ0v) is 16.5. The first-order valence-electron chi connectivity index (χ1n) is 9.75. The molecular formula is C21H30ClN3O. The van der Waals surface area contributed by atoms with Gasteiger partial charge in [0.25, 0.3) is 0 Å². The zero-order valence-electron chi connectivity index (χ0n) is 15.7. The van der Waals surface area contributed by atoms with Gasteiger partial charge in [-0.2, -0.15) is 0 Å². The van der Waals surface area contributed by atoms with E-state index in [1.54, 1.807) is 0 Å². The first-order valence-corrected chi connectivity index (χ1v) is 10.1. The quantitative estimate of drug-likeness (QED) is 0.668. The third-order valence-electron chi connectivity index (χ3n) is 5.09. The van der Waals surface area contributed by atoms with Crippen molar-refractivity contribution in [2.75, 3.05) is 45.8 Å². The molecule has 26 heavy (non-hydrogen) atoms. The Labute approximate surface area is 162 Å². The standard InChI is InChI=1S/C21H30ClN3O/c1-2-24-13-15-25(16-14-24)12-6-5-11-23-17-18-9-10-21(26-18)19-7-3-4-8-20(19)22/h3-4,7-10,23H,2,5-6,11-17H2,1H3. The molecule has 0 bridgehead atoms. The number of unbranched alkanes of at least 4 members (excludes halogenated alkanes) is 1. The summed E-state index contributed by atoms with van der Waals surface area (Å²) in [4.78, 5) is 5.12. The molecule has 1 aromatic heterocycles. The predicted molar refractivity (Wildman–Crippen MR) is 109 cm³/mol. The van der Waals surface area contributed by atoms with E-state index in [9.17, 15) is 0 Å². The van der Waals surface area contributed by atoms with Gasteiger partial charge < -0.3 is 19.5 Å². The average molecular weight is 376 g/mol. The molecule has 0 aliphatic carbocycles. The lowest BCUT2D eigenvalue weighted by Gasteiger charge is -2.33. The van der Waals surface area contributed by atoms with Gasteiger partial charge in [-0.3, -0.25) is 0 Å². The molecule has 1 N–H and O–H groups in total. The van der Waals surface area contributed by atoms with Crippen molar-refractivity contribution in [3.63, 3.8) is 0 Å². The number of likely N-dealkylation sites (N-methyl/N-ethyl adjacent to an activating group) is 1. The van der Waals surface area contributed by atoms with E-state index in [1.807, 2.05) is 36.4 Å². The Balaban J connectivity index is 1.31. The number of hydrogen-bond acceptors (Lipinski definition) is 4. The summed E-state index contributed by atoms with van der Waals surface area (Å²) in [6.07, 6.45) is 2.45. The van der Waals surface area contributed by atoms with Crippen molar-refractivity contribution >= 4 is 11.6 Å². The highest BCUT2D eigenvalue weighted by atomic mass is 35.5. The van der Waals surface area contributed by atoms with Crippen molar-refractivity contribution in [2.45, 2.75) is 26.3 Å². The Morgan fingerprint density at radius 2 is 1.77 bits per heavy atom. The molecule has 1 aliphatic rings. The summed E-state index contributed by atoms with van der Waals surface area (Å²) in [7, 11) is 0. The minimum absolute atomic E-state index is 0.723.